The van der Waals surface area contributed by atoms with E-state index in [-0.39, 0.29) is 12.6 Å². The van der Waals surface area contributed by atoms with Gasteiger partial charge < -0.3 is 5.32 Å². The van der Waals surface area contributed by atoms with Crippen LogP contribution in [0.4, 0.5) is 8.78 Å². The van der Waals surface area contributed by atoms with Gasteiger partial charge in [0.25, 0.3) is 6.43 Å². The molecule has 0 aliphatic carbocycles. The molecule has 0 bridgehead atoms. The maximum Gasteiger partial charge on any atom is 0.251 e. The van der Waals surface area contributed by atoms with Gasteiger partial charge in [-0.25, -0.2) is 8.78 Å². The van der Waals surface area contributed by atoms with Gasteiger partial charge in [-0.1, -0.05) is 20.3 Å². The third-order valence-corrected chi connectivity index (χ3v) is 3.43. The maximum atomic E-state index is 12.3. The quantitative estimate of drug-likeness (QED) is 0.779. The Morgan fingerprint density at radius 2 is 2.13 bits per heavy atom. The molecule has 0 saturated carbocycles. The standard InChI is InChI=1S/C11H22F2N2/c1-4-8(2)10-6-15(7-11(12)13)9(3)5-14-10/h8-11,14H,4-7H2,1-3H3. The number of piperazine rings is 1. The molecule has 1 saturated heterocycles. The van der Waals surface area contributed by atoms with E-state index in [2.05, 4.69) is 19.2 Å². The van der Waals surface area contributed by atoms with Crippen LogP contribution in [0.5, 0.6) is 0 Å². The topological polar surface area (TPSA) is 15.3 Å². The van der Waals surface area contributed by atoms with Crippen LogP contribution in [0.15, 0.2) is 0 Å². The molecule has 1 heterocycles. The molecule has 90 valence electrons. The molecule has 0 radical (unpaired) electrons. The lowest BCUT2D eigenvalue weighted by Crippen LogP contribution is -2.58. The van der Waals surface area contributed by atoms with Gasteiger partial charge in [-0.05, 0) is 12.8 Å². The highest BCUT2D eigenvalue weighted by atomic mass is 19.3. The van der Waals surface area contributed by atoms with Gasteiger partial charge in [0.05, 0.1) is 6.54 Å². The Labute approximate surface area is 91.0 Å². The lowest BCUT2D eigenvalue weighted by Gasteiger charge is -2.40. The first-order valence-corrected chi connectivity index (χ1v) is 5.80. The normalized spacial score (nSPS) is 30.8. The Morgan fingerprint density at radius 3 is 2.67 bits per heavy atom. The fourth-order valence-corrected chi connectivity index (χ4v) is 2.05. The largest absolute Gasteiger partial charge is 0.311 e. The lowest BCUT2D eigenvalue weighted by atomic mass is 9.96. The van der Waals surface area contributed by atoms with Crippen LogP contribution in [-0.2, 0) is 0 Å². The SMILES string of the molecule is CCC(C)C1CN(CC(F)F)C(C)CN1. The van der Waals surface area contributed by atoms with E-state index >= 15 is 0 Å². The van der Waals surface area contributed by atoms with Crippen molar-refractivity contribution in [1.82, 2.24) is 10.2 Å². The third-order valence-electron chi connectivity index (χ3n) is 3.43. The molecule has 3 unspecified atom stereocenters. The predicted octanol–water partition coefficient (Wildman–Crippen LogP) is 1.96. The molecule has 0 spiro atoms. The van der Waals surface area contributed by atoms with Gasteiger partial charge in [-0.2, -0.15) is 0 Å². The highest BCUT2D eigenvalue weighted by Gasteiger charge is 2.28. The zero-order valence-corrected chi connectivity index (χ0v) is 9.84. The van der Waals surface area contributed by atoms with E-state index in [0.29, 0.717) is 12.0 Å². The average molecular weight is 220 g/mol. The first kappa shape index (κ1) is 12.8. The molecule has 4 heteroatoms. The second kappa shape index (κ2) is 5.75. The summed E-state index contributed by atoms with van der Waals surface area (Å²) in [6, 6.07) is 0.587. The number of hydrogen-bond donors (Lipinski definition) is 1. The summed E-state index contributed by atoms with van der Waals surface area (Å²) in [5.74, 6) is 0.553. The lowest BCUT2D eigenvalue weighted by molar-refractivity contribution is 0.0408. The molecule has 0 aromatic heterocycles. The van der Waals surface area contributed by atoms with E-state index in [4.69, 9.17) is 0 Å². The van der Waals surface area contributed by atoms with Crippen molar-refractivity contribution in [2.24, 2.45) is 5.92 Å². The third kappa shape index (κ3) is 3.68. The Balaban J connectivity index is 2.48. The summed E-state index contributed by atoms with van der Waals surface area (Å²) in [6.45, 7) is 7.80. The van der Waals surface area contributed by atoms with Crippen molar-refractivity contribution in [3.63, 3.8) is 0 Å². The molecule has 15 heavy (non-hydrogen) atoms. The number of alkyl halides is 2. The number of hydrogen-bond acceptors (Lipinski definition) is 2. The van der Waals surface area contributed by atoms with E-state index in [1.54, 1.807) is 0 Å². The van der Waals surface area contributed by atoms with Gasteiger partial charge in [0.2, 0.25) is 0 Å². The maximum absolute atomic E-state index is 12.3. The minimum absolute atomic E-state index is 0.0875. The summed E-state index contributed by atoms with van der Waals surface area (Å²) in [5, 5.41) is 3.44. The van der Waals surface area contributed by atoms with Crippen molar-refractivity contribution in [1.29, 1.82) is 0 Å². The van der Waals surface area contributed by atoms with E-state index in [9.17, 15) is 8.78 Å². The molecule has 0 aromatic carbocycles. The van der Waals surface area contributed by atoms with Crippen LogP contribution >= 0.6 is 0 Å². The first-order chi connectivity index (χ1) is 7.04. The Bertz CT molecular complexity index is 187. The second-order valence-corrected chi connectivity index (χ2v) is 4.59. The summed E-state index contributed by atoms with van der Waals surface area (Å²) >= 11 is 0. The van der Waals surface area contributed by atoms with Crippen molar-refractivity contribution >= 4 is 0 Å². The zero-order valence-electron chi connectivity index (χ0n) is 9.84. The van der Waals surface area contributed by atoms with Crippen molar-refractivity contribution in [3.05, 3.63) is 0 Å². The van der Waals surface area contributed by atoms with Gasteiger partial charge in [0.15, 0.2) is 0 Å². The van der Waals surface area contributed by atoms with E-state index in [1.165, 1.54) is 0 Å². The fraction of sp³-hybridized carbons (Fsp3) is 1.00. The van der Waals surface area contributed by atoms with E-state index in [1.807, 2.05) is 11.8 Å². The van der Waals surface area contributed by atoms with Crippen molar-refractivity contribution < 1.29 is 8.78 Å². The van der Waals surface area contributed by atoms with Crippen LogP contribution in [0, 0.1) is 5.92 Å². The Hall–Kier alpha value is -0.220. The number of rotatable bonds is 4. The van der Waals surface area contributed by atoms with Gasteiger partial charge >= 0.3 is 0 Å². The van der Waals surface area contributed by atoms with E-state index < -0.39 is 6.43 Å². The summed E-state index contributed by atoms with van der Waals surface area (Å²) < 4.78 is 24.7. The van der Waals surface area contributed by atoms with Gasteiger partial charge in [0.1, 0.15) is 0 Å². The molecule has 0 aromatic rings. The molecular formula is C11H22F2N2. The van der Waals surface area contributed by atoms with Crippen LogP contribution in [-0.4, -0.2) is 43.0 Å². The van der Waals surface area contributed by atoms with Crippen LogP contribution in [0.2, 0.25) is 0 Å². The molecule has 1 aliphatic rings. The summed E-state index contributed by atoms with van der Waals surface area (Å²) in [4.78, 5) is 1.90. The molecule has 1 rings (SSSR count). The van der Waals surface area contributed by atoms with Crippen LogP contribution in [0.1, 0.15) is 27.2 Å². The molecule has 2 nitrogen and oxygen atoms in total. The predicted molar refractivity (Wildman–Crippen MR) is 58.3 cm³/mol. The molecular weight excluding hydrogens is 198 g/mol. The zero-order chi connectivity index (χ0) is 11.4. The van der Waals surface area contributed by atoms with Gasteiger partial charge in [-0.15, -0.1) is 0 Å². The highest BCUT2D eigenvalue weighted by molar-refractivity contribution is 4.86. The van der Waals surface area contributed by atoms with Gasteiger partial charge in [0, 0.05) is 25.2 Å². The van der Waals surface area contributed by atoms with Crippen molar-refractivity contribution in [3.8, 4) is 0 Å². The minimum atomic E-state index is -2.22. The second-order valence-electron chi connectivity index (χ2n) is 4.59. The number of nitrogens with one attached hydrogen (secondary N) is 1. The van der Waals surface area contributed by atoms with Crippen LogP contribution in [0.3, 0.4) is 0 Å². The van der Waals surface area contributed by atoms with E-state index in [0.717, 1.165) is 19.5 Å². The first-order valence-electron chi connectivity index (χ1n) is 5.80. The summed E-state index contributed by atoms with van der Waals surface area (Å²) in [7, 11) is 0. The molecule has 0 amide bonds. The average Bonchev–Trinajstić information content (AvgIpc) is 2.19. The van der Waals surface area contributed by atoms with Gasteiger partial charge in [-0.3, -0.25) is 4.90 Å². The molecule has 1 N–H and O–H groups in total. The van der Waals surface area contributed by atoms with Crippen molar-refractivity contribution in [2.45, 2.75) is 45.7 Å². The molecule has 3 atom stereocenters. The summed E-state index contributed by atoms with van der Waals surface area (Å²) in [5.41, 5.74) is 0. The van der Waals surface area contributed by atoms with Crippen LogP contribution < -0.4 is 5.32 Å². The minimum Gasteiger partial charge on any atom is -0.311 e. The number of nitrogens with zero attached hydrogens (tertiary/aromatic N) is 1. The van der Waals surface area contributed by atoms with Crippen LogP contribution in [0.25, 0.3) is 0 Å². The smallest absolute Gasteiger partial charge is 0.251 e. The molecule has 1 fully saturated rings. The Morgan fingerprint density at radius 1 is 1.47 bits per heavy atom. The number of halogens is 2. The summed E-state index contributed by atoms with van der Waals surface area (Å²) in [6.07, 6.45) is -1.13. The van der Waals surface area contributed by atoms with Crippen molar-refractivity contribution in [2.75, 3.05) is 19.6 Å². The Kier molecular flexibility index (Phi) is 4.93. The highest BCUT2D eigenvalue weighted by Crippen LogP contribution is 2.16. The molecule has 1 aliphatic heterocycles. The monoisotopic (exact) mass is 220 g/mol. The fourth-order valence-electron chi connectivity index (χ4n) is 2.05.